The van der Waals surface area contributed by atoms with Crippen molar-refractivity contribution in [2.45, 2.75) is 132 Å². The zero-order valence-electron chi connectivity index (χ0n) is 24.8. The van der Waals surface area contributed by atoms with Gasteiger partial charge in [0, 0.05) is 4.88 Å². The van der Waals surface area contributed by atoms with Crippen LogP contribution in [0.25, 0.3) is 0 Å². The molecule has 5 aliphatic carbocycles. The van der Waals surface area contributed by atoms with E-state index in [2.05, 4.69) is 66.0 Å². The lowest BCUT2D eigenvalue weighted by Gasteiger charge is -2.73. The van der Waals surface area contributed by atoms with E-state index in [9.17, 15) is 0 Å². The first-order chi connectivity index (χ1) is 17.0. The van der Waals surface area contributed by atoms with Crippen LogP contribution in [0.15, 0.2) is 17.5 Å². The van der Waals surface area contributed by atoms with Crippen molar-refractivity contribution < 1.29 is 0 Å². The zero-order chi connectivity index (χ0) is 25.6. The number of hydrogen-bond acceptors (Lipinski definition) is 1. The summed E-state index contributed by atoms with van der Waals surface area (Å²) in [5, 5.41) is 2.26. The Morgan fingerprint density at radius 3 is 2.17 bits per heavy atom. The fourth-order valence-electron chi connectivity index (χ4n) is 13.1. The van der Waals surface area contributed by atoms with Gasteiger partial charge in [0.15, 0.2) is 0 Å². The summed E-state index contributed by atoms with van der Waals surface area (Å²) in [6.45, 7) is 19.1. The summed E-state index contributed by atoms with van der Waals surface area (Å²) in [4.78, 5) is 1.60. The molecule has 0 radical (unpaired) electrons. The third-order valence-electron chi connectivity index (χ3n) is 14.9. The topological polar surface area (TPSA) is 0 Å². The molecule has 1 aromatic heterocycles. The average Bonchev–Trinajstić information content (AvgIpc) is 3.45. The Bertz CT molecular complexity index is 944. The van der Waals surface area contributed by atoms with Crippen LogP contribution in [0.3, 0.4) is 0 Å². The SMILES string of the molecule is CC(CCc1cccs1)C1CCC2(C)C1CCC1(C)C2CCC2C3(C)CCCC(C)(C)C3CCC21C. The molecule has 1 heteroatoms. The van der Waals surface area contributed by atoms with Crippen LogP contribution in [-0.4, -0.2) is 0 Å². The molecule has 10 atom stereocenters. The van der Waals surface area contributed by atoms with Gasteiger partial charge in [-0.1, -0.05) is 61.0 Å². The minimum absolute atomic E-state index is 0.547. The number of thiophene rings is 1. The third-order valence-corrected chi connectivity index (χ3v) is 15.9. The summed E-state index contributed by atoms with van der Waals surface area (Å²) in [6.07, 6.45) is 19.3. The lowest BCUT2D eigenvalue weighted by molar-refractivity contribution is -0.241. The Kier molecular flexibility index (Phi) is 6.20. The lowest BCUT2D eigenvalue weighted by atomic mass is 9.32. The molecule has 5 saturated carbocycles. The zero-order valence-corrected chi connectivity index (χ0v) is 25.6. The highest BCUT2D eigenvalue weighted by Gasteiger charge is 2.70. The largest absolute Gasteiger partial charge is 0.149 e. The second-order valence-corrected chi connectivity index (χ2v) is 17.4. The molecule has 36 heavy (non-hydrogen) atoms. The lowest BCUT2D eigenvalue weighted by Crippen LogP contribution is -2.65. The molecule has 0 aliphatic heterocycles. The van der Waals surface area contributed by atoms with Crippen molar-refractivity contribution in [3.63, 3.8) is 0 Å². The Labute approximate surface area is 227 Å². The van der Waals surface area contributed by atoms with Crippen LogP contribution in [-0.2, 0) is 6.42 Å². The summed E-state index contributed by atoms with van der Waals surface area (Å²) >= 11 is 1.96. The fraction of sp³-hybridized carbons (Fsp3) is 0.886. The standard InChI is InChI=1S/C35H56S/c1-24(11-12-25-10-8-23-36-25)26-15-20-32(4)27(26)16-21-34(6)29(32)13-14-30-33(5)19-9-18-31(2,3)28(33)17-22-35(30,34)7/h8,10,23-24,26-30H,9,11-22H2,1-7H3. The van der Waals surface area contributed by atoms with Crippen LogP contribution in [0.4, 0.5) is 0 Å². The van der Waals surface area contributed by atoms with E-state index in [1.165, 1.54) is 83.5 Å². The number of aryl methyl sites for hydroxylation is 1. The molecule has 0 saturated heterocycles. The van der Waals surface area contributed by atoms with Crippen LogP contribution in [0.1, 0.15) is 130 Å². The molecule has 0 bridgehead atoms. The molecule has 0 nitrogen and oxygen atoms in total. The second-order valence-electron chi connectivity index (χ2n) is 16.4. The van der Waals surface area contributed by atoms with Crippen LogP contribution in [0, 0.1) is 62.6 Å². The monoisotopic (exact) mass is 508 g/mol. The molecule has 1 aromatic rings. The molecule has 0 amide bonds. The molecule has 10 unspecified atom stereocenters. The van der Waals surface area contributed by atoms with Gasteiger partial charge in [-0.05, 0) is 151 Å². The first-order valence-electron chi connectivity index (χ1n) is 16.0. The normalized spacial score (nSPS) is 50.5. The molecule has 202 valence electrons. The van der Waals surface area contributed by atoms with Gasteiger partial charge in [0.2, 0.25) is 0 Å². The van der Waals surface area contributed by atoms with Crippen molar-refractivity contribution >= 4 is 11.3 Å². The molecule has 0 aromatic carbocycles. The molecule has 0 N–H and O–H groups in total. The van der Waals surface area contributed by atoms with E-state index in [0.29, 0.717) is 27.1 Å². The predicted molar refractivity (Wildman–Crippen MR) is 156 cm³/mol. The van der Waals surface area contributed by atoms with E-state index in [-0.39, 0.29) is 0 Å². The first-order valence-corrected chi connectivity index (χ1v) is 16.9. The molecular formula is C35H56S. The Hall–Kier alpha value is -0.300. The van der Waals surface area contributed by atoms with Gasteiger partial charge >= 0.3 is 0 Å². The smallest absolute Gasteiger partial charge is 0.00453 e. The maximum Gasteiger partial charge on any atom is 0.00453 e. The van der Waals surface area contributed by atoms with Crippen molar-refractivity contribution in [3.8, 4) is 0 Å². The van der Waals surface area contributed by atoms with E-state index in [1.807, 2.05) is 11.3 Å². The Morgan fingerprint density at radius 1 is 0.778 bits per heavy atom. The highest BCUT2D eigenvalue weighted by molar-refractivity contribution is 7.09. The summed E-state index contributed by atoms with van der Waals surface area (Å²) in [5.74, 6) is 5.69. The summed E-state index contributed by atoms with van der Waals surface area (Å²) in [6, 6.07) is 4.59. The average molecular weight is 509 g/mol. The van der Waals surface area contributed by atoms with Gasteiger partial charge in [0.1, 0.15) is 0 Å². The van der Waals surface area contributed by atoms with Gasteiger partial charge in [0.25, 0.3) is 0 Å². The Morgan fingerprint density at radius 2 is 1.47 bits per heavy atom. The molecular weight excluding hydrogens is 452 g/mol. The third kappa shape index (κ3) is 3.48. The Balaban J connectivity index is 1.25. The van der Waals surface area contributed by atoms with Crippen LogP contribution >= 0.6 is 11.3 Å². The van der Waals surface area contributed by atoms with Crippen molar-refractivity contribution in [2.24, 2.45) is 62.6 Å². The fourth-order valence-corrected chi connectivity index (χ4v) is 13.8. The highest BCUT2D eigenvalue weighted by Crippen LogP contribution is 2.78. The quantitative estimate of drug-likeness (QED) is 0.379. The molecule has 5 fully saturated rings. The highest BCUT2D eigenvalue weighted by atomic mass is 32.1. The second kappa shape index (κ2) is 8.60. The van der Waals surface area contributed by atoms with Gasteiger partial charge in [0.05, 0.1) is 0 Å². The summed E-state index contributed by atoms with van der Waals surface area (Å²) < 4.78 is 0. The van der Waals surface area contributed by atoms with E-state index in [1.54, 1.807) is 4.88 Å². The van der Waals surface area contributed by atoms with E-state index in [4.69, 9.17) is 0 Å². The minimum Gasteiger partial charge on any atom is -0.149 e. The van der Waals surface area contributed by atoms with E-state index in [0.717, 1.165) is 35.5 Å². The molecule has 1 heterocycles. The van der Waals surface area contributed by atoms with Gasteiger partial charge in [-0.15, -0.1) is 11.3 Å². The molecule has 5 aliphatic rings. The van der Waals surface area contributed by atoms with Gasteiger partial charge in [-0.3, -0.25) is 0 Å². The number of rotatable bonds is 4. The van der Waals surface area contributed by atoms with Crippen molar-refractivity contribution in [2.75, 3.05) is 0 Å². The summed E-state index contributed by atoms with van der Waals surface area (Å²) in [5.41, 5.74) is 2.81. The first kappa shape index (κ1) is 26.0. The van der Waals surface area contributed by atoms with Crippen molar-refractivity contribution in [3.05, 3.63) is 22.4 Å². The van der Waals surface area contributed by atoms with Gasteiger partial charge in [-0.25, -0.2) is 0 Å². The van der Waals surface area contributed by atoms with Crippen molar-refractivity contribution in [1.82, 2.24) is 0 Å². The van der Waals surface area contributed by atoms with E-state index >= 15 is 0 Å². The van der Waals surface area contributed by atoms with Crippen LogP contribution in [0.2, 0.25) is 0 Å². The van der Waals surface area contributed by atoms with Gasteiger partial charge in [-0.2, -0.15) is 0 Å². The maximum atomic E-state index is 2.83. The van der Waals surface area contributed by atoms with Gasteiger partial charge < -0.3 is 0 Å². The molecule has 6 rings (SSSR count). The predicted octanol–water partition coefficient (Wildman–Crippen LogP) is 10.8. The maximum absolute atomic E-state index is 2.83. The van der Waals surface area contributed by atoms with Crippen LogP contribution in [0.5, 0.6) is 0 Å². The minimum atomic E-state index is 0.547. The number of fused-ring (bicyclic) bond motifs is 7. The van der Waals surface area contributed by atoms with Crippen LogP contribution < -0.4 is 0 Å². The summed E-state index contributed by atoms with van der Waals surface area (Å²) in [7, 11) is 0. The van der Waals surface area contributed by atoms with Crippen molar-refractivity contribution in [1.29, 1.82) is 0 Å². The number of hydrogen-bond donors (Lipinski definition) is 0. The molecule has 0 spiro atoms. The van der Waals surface area contributed by atoms with E-state index < -0.39 is 0 Å².